The average Bonchev–Trinajstić information content (AvgIpc) is 2.74. The zero-order valence-electron chi connectivity index (χ0n) is 12.2. The molecular formula is C13H25N5S. The summed E-state index contributed by atoms with van der Waals surface area (Å²) in [4.78, 5) is 5.01. The molecule has 0 amide bonds. The van der Waals surface area contributed by atoms with E-state index in [2.05, 4.69) is 46.2 Å². The molecule has 2 rings (SSSR count). The van der Waals surface area contributed by atoms with Gasteiger partial charge in [-0.3, -0.25) is 4.90 Å². The third-order valence-electron chi connectivity index (χ3n) is 3.63. The quantitative estimate of drug-likeness (QED) is 0.894. The first-order valence-electron chi connectivity index (χ1n) is 7.21. The van der Waals surface area contributed by atoms with Gasteiger partial charge in [-0.15, -0.1) is 10.2 Å². The highest BCUT2D eigenvalue weighted by Crippen LogP contribution is 2.20. The maximum Gasteiger partial charge on any atom is 0.205 e. The van der Waals surface area contributed by atoms with Crippen LogP contribution in [0.2, 0.25) is 0 Å². The normalized spacial score (nSPS) is 22.4. The Bertz CT molecular complexity index is 381. The van der Waals surface area contributed by atoms with E-state index in [0.29, 0.717) is 6.04 Å². The van der Waals surface area contributed by atoms with Crippen molar-refractivity contribution in [3.05, 3.63) is 5.01 Å². The molecule has 5 nitrogen and oxygen atoms in total. The third kappa shape index (κ3) is 4.12. The minimum atomic E-state index is 0.638. The van der Waals surface area contributed by atoms with Gasteiger partial charge in [0.1, 0.15) is 5.01 Å². The van der Waals surface area contributed by atoms with Crippen LogP contribution in [0.3, 0.4) is 0 Å². The molecular weight excluding hydrogens is 258 g/mol. The highest BCUT2D eigenvalue weighted by atomic mass is 32.1. The fourth-order valence-corrected chi connectivity index (χ4v) is 3.44. The second kappa shape index (κ2) is 7.17. The predicted octanol–water partition coefficient (Wildman–Crippen LogP) is 1.89. The molecule has 1 fully saturated rings. The summed E-state index contributed by atoms with van der Waals surface area (Å²) in [7, 11) is 2.22. The molecule has 2 heterocycles. The molecule has 19 heavy (non-hydrogen) atoms. The first-order chi connectivity index (χ1) is 9.22. The fraction of sp³-hybridized carbons (Fsp3) is 0.846. The van der Waals surface area contributed by atoms with E-state index in [1.807, 2.05) is 0 Å². The Labute approximate surface area is 120 Å². The number of aromatic nitrogens is 2. The summed E-state index contributed by atoms with van der Waals surface area (Å²) < 4.78 is 0. The lowest BCUT2D eigenvalue weighted by atomic mass is 10.2. The van der Waals surface area contributed by atoms with Crippen molar-refractivity contribution < 1.29 is 0 Å². The van der Waals surface area contributed by atoms with Crippen LogP contribution in [-0.2, 0) is 6.54 Å². The fourth-order valence-electron chi connectivity index (χ4n) is 2.60. The van der Waals surface area contributed by atoms with Crippen LogP contribution in [-0.4, -0.2) is 59.3 Å². The molecule has 1 atom stereocenters. The number of likely N-dealkylation sites (N-methyl/N-ethyl adjacent to an activating group) is 1. The van der Waals surface area contributed by atoms with Gasteiger partial charge in [-0.1, -0.05) is 18.3 Å². The van der Waals surface area contributed by atoms with Gasteiger partial charge in [0.2, 0.25) is 5.13 Å². The van der Waals surface area contributed by atoms with Crippen molar-refractivity contribution in [1.29, 1.82) is 0 Å². The van der Waals surface area contributed by atoms with Gasteiger partial charge >= 0.3 is 0 Å². The SMILES string of the molecule is CCNc1nnc(CN2CCCN(C)CC2CC)s1. The molecule has 1 aromatic rings. The molecule has 1 saturated heterocycles. The van der Waals surface area contributed by atoms with Crippen LogP contribution in [0, 0.1) is 0 Å². The summed E-state index contributed by atoms with van der Waals surface area (Å²) in [5, 5.41) is 13.8. The largest absolute Gasteiger partial charge is 0.360 e. The van der Waals surface area contributed by atoms with Gasteiger partial charge in [0, 0.05) is 25.7 Å². The summed E-state index contributed by atoms with van der Waals surface area (Å²) >= 11 is 1.68. The third-order valence-corrected chi connectivity index (χ3v) is 4.49. The minimum absolute atomic E-state index is 0.638. The van der Waals surface area contributed by atoms with Gasteiger partial charge in [0.05, 0.1) is 6.54 Å². The molecule has 1 aromatic heterocycles. The van der Waals surface area contributed by atoms with Crippen molar-refractivity contribution in [3.8, 4) is 0 Å². The number of hydrogen-bond donors (Lipinski definition) is 1. The summed E-state index contributed by atoms with van der Waals surface area (Å²) in [5.74, 6) is 0. The zero-order valence-corrected chi connectivity index (χ0v) is 13.0. The molecule has 1 unspecified atom stereocenters. The van der Waals surface area contributed by atoms with Crippen LogP contribution in [0.15, 0.2) is 0 Å². The van der Waals surface area contributed by atoms with E-state index in [1.165, 1.54) is 25.9 Å². The highest BCUT2D eigenvalue weighted by Gasteiger charge is 2.23. The Balaban J connectivity index is 1.98. The number of hydrogen-bond acceptors (Lipinski definition) is 6. The summed E-state index contributed by atoms with van der Waals surface area (Å²) in [6.45, 7) is 9.73. The lowest BCUT2D eigenvalue weighted by Gasteiger charge is -2.29. The van der Waals surface area contributed by atoms with E-state index in [4.69, 9.17) is 0 Å². The van der Waals surface area contributed by atoms with E-state index in [-0.39, 0.29) is 0 Å². The number of nitrogens with one attached hydrogen (secondary N) is 1. The van der Waals surface area contributed by atoms with Crippen molar-refractivity contribution >= 4 is 16.5 Å². The molecule has 0 spiro atoms. The van der Waals surface area contributed by atoms with Crippen molar-refractivity contribution in [2.75, 3.05) is 38.5 Å². The van der Waals surface area contributed by atoms with Gasteiger partial charge in [-0.2, -0.15) is 0 Å². The van der Waals surface area contributed by atoms with Crippen LogP contribution in [0.25, 0.3) is 0 Å². The van der Waals surface area contributed by atoms with Crippen molar-refractivity contribution in [3.63, 3.8) is 0 Å². The Kier molecular flexibility index (Phi) is 5.54. The van der Waals surface area contributed by atoms with Crippen molar-refractivity contribution in [1.82, 2.24) is 20.0 Å². The van der Waals surface area contributed by atoms with Crippen LogP contribution in [0.5, 0.6) is 0 Å². The summed E-state index contributed by atoms with van der Waals surface area (Å²) in [6.07, 6.45) is 2.44. The van der Waals surface area contributed by atoms with Gasteiger partial charge < -0.3 is 10.2 Å². The van der Waals surface area contributed by atoms with E-state index in [9.17, 15) is 0 Å². The summed E-state index contributed by atoms with van der Waals surface area (Å²) in [6, 6.07) is 0.638. The molecule has 0 aliphatic carbocycles. The Hall–Kier alpha value is -0.720. The summed E-state index contributed by atoms with van der Waals surface area (Å²) in [5.41, 5.74) is 0. The molecule has 1 N–H and O–H groups in total. The van der Waals surface area contributed by atoms with E-state index in [0.717, 1.165) is 29.8 Å². The maximum absolute atomic E-state index is 4.30. The van der Waals surface area contributed by atoms with Crippen molar-refractivity contribution in [2.45, 2.75) is 39.3 Å². The predicted molar refractivity (Wildman–Crippen MR) is 80.7 cm³/mol. The monoisotopic (exact) mass is 283 g/mol. The van der Waals surface area contributed by atoms with Crippen LogP contribution < -0.4 is 5.32 Å². The lowest BCUT2D eigenvalue weighted by molar-refractivity contribution is 0.175. The van der Waals surface area contributed by atoms with Crippen molar-refractivity contribution in [2.24, 2.45) is 0 Å². The van der Waals surface area contributed by atoms with Crippen LogP contribution >= 0.6 is 11.3 Å². The molecule has 0 radical (unpaired) electrons. The van der Waals surface area contributed by atoms with E-state index in [1.54, 1.807) is 11.3 Å². The Morgan fingerprint density at radius 2 is 2.16 bits per heavy atom. The molecule has 1 aliphatic heterocycles. The number of nitrogens with zero attached hydrogens (tertiary/aromatic N) is 4. The minimum Gasteiger partial charge on any atom is -0.360 e. The molecule has 1 aliphatic rings. The molecule has 0 saturated carbocycles. The zero-order chi connectivity index (χ0) is 13.7. The van der Waals surface area contributed by atoms with Gasteiger partial charge in [0.25, 0.3) is 0 Å². The van der Waals surface area contributed by atoms with Gasteiger partial charge in [-0.05, 0) is 33.4 Å². The molecule has 0 bridgehead atoms. The molecule has 6 heteroatoms. The first kappa shape index (κ1) is 14.7. The standard InChI is InChI=1S/C13H25N5S/c1-4-11-9-17(3)7-6-8-18(11)10-12-15-16-13(19-12)14-5-2/h11H,4-10H2,1-3H3,(H,14,16). The number of rotatable bonds is 5. The second-order valence-corrected chi connectivity index (χ2v) is 6.24. The van der Waals surface area contributed by atoms with E-state index < -0.39 is 0 Å². The van der Waals surface area contributed by atoms with Gasteiger partial charge in [0.15, 0.2) is 0 Å². The topological polar surface area (TPSA) is 44.3 Å². The molecule has 108 valence electrons. The van der Waals surface area contributed by atoms with Crippen LogP contribution in [0.4, 0.5) is 5.13 Å². The van der Waals surface area contributed by atoms with E-state index >= 15 is 0 Å². The Morgan fingerprint density at radius 1 is 1.32 bits per heavy atom. The van der Waals surface area contributed by atoms with Gasteiger partial charge in [-0.25, -0.2) is 0 Å². The average molecular weight is 283 g/mol. The van der Waals surface area contributed by atoms with Crippen LogP contribution in [0.1, 0.15) is 31.7 Å². The second-order valence-electron chi connectivity index (χ2n) is 5.18. The lowest BCUT2D eigenvalue weighted by Crippen LogP contribution is -2.39. The highest BCUT2D eigenvalue weighted by molar-refractivity contribution is 7.15. The first-order valence-corrected chi connectivity index (χ1v) is 8.03. The molecule has 0 aromatic carbocycles. The maximum atomic E-state index is 4.30. The Morgan fingerprint density at radius 3 is 2.89 bits per heavy atom. The smallest absolute Gasteiger partial charge is 0.205 e. The number of anilines is 1.